The highest BCUT2D eigenvalue weighted by atomic mass is 35.5. The van der Waals surface area contributed by atoms with Crippen LogP contribution in [0, 0.1) is 5.82 Å². The molecule has 2 N–H and O–H groups in total. The Morgan fingerprint density at radius 1 is 1.00 bits per heavy atom. The molecule has 7 heteroatoms. The van der Waals surface area contributed by atoms with Crippen LogP contribution in [0.25, 0.3) is 0 Å². The number of nitrogens with zero attached hydrogens (tertiary/aromatic N) is 2. The largest absolute Gasteiger partial charge is 0.347 e. The molecule has 0 unspecified atom stereocenters. The minimum atomic E-state index is -0.352. The van der Waals surface area contributed by atoms with Gasteiger partial charge in [0.1, 0.15) is 17.3 Å². The maximum absolute atomic E-state index is 12.8. The van der Waals surface area contributed by atoms with Crippen molar-refractivity contribution in [1.29, 1.82) is 0 Å². The predicted molar refractivity (Wildman–Crippen MR) is 94.3 cm³/mol. The second kappa shape index (κ2) is 7.72. The van der Waals surface area contributed by atoms with Gasteiger partial charge in [-0.1, -0.05) is 23.7 Å². The monoisotopic (exact) mass is 356 g/mol. The van der Waals surface area contributed by atoms with E-state index in [0.717, 1.165) is 11.3 Å². The summed E-state index contributed by atoms with van der Waals surface area (Å²) in [6, 6.07) is 13.1. The molecule has 25 heavy (non-hydrogen) atoms. The van der Waals surface area contributed by atoms with Crippen LogP contribution in [0.4, 0.5) is 15.9 Å². The summed E-state index contributed by atoms with van der Waals surface area (Å²) in [5.74, 6) is -0.156. The van der Waals surface area contributed by atoms with Gasteiger partial charge in [0.25, 0.3) is 5.91 Å². The Hall–Kier alpha value is -2.99. The summed E-state index contributed by atoms with van der Waals surface area (Å²) in [5, 5.41) is 6.42. The minimum absolute atomic E-state index is 0.198. The number of hydrogen-bond donors (Lipinski definition) is 2. The molecule has 0 radical (unpaired) electrons. The summed E-state index contributed by atoms with van der Waals surface area (Å²) < 4.78 is 12.8. The van der Waals surface area contributed by atoms with Crippen LogP contribution < -0.4 is 10.6 Å². The Bertz CT molecular complexity index is 852. The van der Waals surface area contributed by atoms with Gasteiger partial charge in [-0.2, -0.15) is 0 Å². The van der Waals surface area contributed by atoms with Gasteiger partial charge in [0.15, 0.2) is 0 Å². The number of benzene rings is 2. The molecule has 3 aromatic rings. The van der Waals surface area contributed by atoms with Crippen LogP contribution in [-0.2, 0) is 6.54 Å². The van der Waals surface area contributed by atoms with Crippen LogP contribution >= 0.6 is 11.6 Å². The van der Waals surface area contributed by atoms with E-state index < -0.39 is 0 Å². The Balaban J connectivity index is 1.58. The van der Waals surface area contributed by atoms with Crippen molar-refractivity contribution < 1.29 is 9.18 Å². The van der Waals surface area contributed by atoms with E-state index in [1.807, 2.05) is 12.1 Å². The lowest BCUT2D eigenvalue weighted by molar-refractivity contribution is 0.0945. The summed E-state index contributed by atoms with van der Waals surface area (Å²) in [6.07, 6.45) is 2.86. The van der Waals surface area contributed by atoms with Crippen molar-refractivity contribution in [1.82, 2.24) is 15.3 Å². The van der Waals surface area contributed by atoms with Gasteiger partial charge in [-0.15, -0.1) is 0 Å². The van der Waals surface area contributed by atoms with Crippen molar-refractivity contribution in [3.05, 3.63) is 83.0 Å². The van der Waals surface area contributed by atoms with Crippen molar-refractivity contribution in [2.75, 3.05) is 5.32 Å². The lowest BCUT2D eigenvalue weighted by Crippen LogP contribution is -2.24. The molecule has 1 amide bonds. The summed E-state index contributed by atoms with van der Waals surface area (Å²) in [6.45, 7) is 0.283. The summed E-state index contributed by atoms with van der Waals surface area (Å²) in [5.41, 5.74) is 1.81. The van der Waals surface area contributed by atoms with Crippen molar-refractivity contribution in [3.8, 4) is 0 Å². The average molecular weight is 357 g/mol. The average Bonchev–Trinajstić information content (AvgIpc) is 2.63. The summed E-state index contributed by atoms with van der Waals surface area (Å²) >= 11 is 5.83. The van der Waals surface area contributed by atoms with Crippen molar-refractivity contribution in [2.45, 2.75) is 6.54 Å². The van der Waals surface area contributed by atoms with Gasteiger partial charge < -0.3 is 10.6 Å². The highest BCUT2D eigenvalue weighted by molar-refractivity contribution is 6.30. The van der Waals surface area contributed by atoms with E-state index in [1.54, 1.807) is 24.3 Å². The molecule has 0 fully saturated rings. The molecule has 0 saturated heterocycles. The molecular formula is C18H14ClFN4O. The number of carbonyl (C=O) groups is 1. The maximum Gasteiger partial charge on any atom is 0.271 e. The highest BCUT2D eigenvalue weighted by Gasteiger charge is 2.08. The van der Waals surface area contributed by atoms with Gasteiger partial charge in [-0.3, -0.25) is 4.79 Å². The summed E-state index contributed by atoms with van der Waals surface area (Å²) in [4.78, 5) is 20.3. The first-order valence-electron chi connectivity index (χ1n) is 7.47. The van der Waals surface area contributed by atoms with E-state index in [-0.39, 0.29) is 24.0 Å². The smallest absolute Gasteiger partial charge is 0.271 e. The Morgan fingerprint density at radius 3 is 2.36 bits per heavy atom. The van der Waals surface area contributed by atoms with Crippen LogP contribution in [0.15, 0.2) is 60.9 Å². The fourth-order valence-corrected chi connectivity index (χ4v) is 2.19. The molecule has 5 nitrogen and oxygen atoms in total. The molecule has 2 aromatic carbocycles. The van der Waals surface area contributed by atoms with E-state index in [0.29, 0.717) is 10.8 Å². The van der Waals surface area contributed by atoms with Crippen molar-refractivity contribution >= 4 is 29.0 Å². The molecule has 0 atom stereocenters. The zero-order valence-corrected chi connectivity index (χ0v) is 13.8. The van der Waals surface area contributed by atoms with Crippen molar-refractivity contribution in [3.63, 3.8) is 0 Å². The molecule has 0 aliphatic carbocycles. The normalized spacial score (nSPS) is 10.3. The lowest BCUT2D eigenvalue weighted by atomic mass is 10.2. The van der Waals surface area contributed by atoms with Crippen LogP contribution in [0.2, 0.25) is 5.02 Å². The fourth-order valence-electron chi connectivity index (χ4n) is 2.07. The minimum Gasteiger partial charge on any atom is -0.347 e. The van der Waals surface area contributed by atoms with Crippen LogP contribution in [0.5, 0.6) is 0 Å². The van der Waals surface area contributed by atoms with Crippen molar-refractivity contribution in [2.24, 2.45) is 0 Å². The Kier molecular flexibility index (Phi) is 5.20. The number of anilines is 2. The molecule has 0 aliphatic rings. The van der Waals surface area contributed by atoms with Crippen LogP contribution in [-0.4, -0.2) is 15.9 Å². The molecule has 0 saturated carbocycles. The lowest BCUT2D eigenvalue weighted by Gasteiger charge is -2.07. The zero-order chi connectivity index (χ0) is 17.6. The number of hydrogen-bond acceptors (Lipinski definition) is 4. The Labute approximate surface area is 148 Å². The first-order valence-corrected chi connectivity index (χ1v) is 7.85. The number of carbonyl (C=O) groups excluding carboxylic acids is 1. The fraction of sp³-hybridized carbons (Fsp3) is 0.0556. The van der Waals surface area contributed by atoms with E-state index >= 15 is 0 Å². The van der Waals surface area contributed by atoms with Gasteiger partial charge >= 0.3 is 0 Å². The number of amides is 1. The summed E-state index contributed by atoms with van der Waals surface area (Å²) in [7, 11) is 0. The standard InChI is InChI=1S/C18H14ClFN4O/c19-13-3-7-15(8-4-13)24-17-11-21-16(10-22-17)18(25)23-9-12-1-5-14(20)6-2-12/h1-8,10-11H,9H2,(H,22,24)(H,23,25). The molecular weight excluding hydrogens is 343 g/mol. The molecule has 0 aliphatic heterocycles. The second-order valence-corrected chi connectivity index (χ2v) is 5.66. The van der Waals surface area contributed by atoms with Gasteiger partial charge in [0.05, 0.1) is 12.4 Å². The SMILES string of the molecule is O=C(NCc1ccc(F)cc1)c1cnc(Nc2ccc(Cl)cc2)cn1. The molecule has 1 heterocycles. The number of halogens is 2. The topological polar surface area (TPSA) is 66.9 Å². The molecule has 3 rings (SSSR count). The van der Waals surface area contributed by atoms with E-state index in [4.69, 9.17) is 11.6 Å². The third kappa shape index (κ3) is 4.74. The first kappa shape index (κ1) is 16.9. The quantitative estimate of drug-likeness (QED) is 0.726. The third-order valence-corrected chi connectivity index (χ3v) is 3.62. The molecule has 126 valence electrons. The van der Waals surface area contributed by atoms with Gasteiger partial charge in [-0.25, -0.2) is 14.4 Å². The van der Waals surface area contributed by atoms with Crippen LogP contribution in [0.3, 0.4) is 0 Å². The van der Waals surface area contributed by atoms with Gasteiger partial charge in [0, 0.05) is 17.3 Å². The van der Waals surface area contributed by atoms with Crippen LogP contribution in [0.1, 0.15) is 16.1 Å². The third-order valence-electron chi connectivity index (χ3n) is 3.37. The van der Waals surface area contributed by atoms with Gasteiger partial charge in [0.2, 0.25) is 0 Å². The second-order valence-electron chi connectivity index (χ2n) is 5.23. The number of rotatable bonds is 5. The maximum atomic E-state index is 12.8. The number of nitrogens with one attached hydrogen (secondary N) is 2. The highest BCUT2D eigenvalue weighted by Crippen LogP contribution is 2.17. The zero-order valence-electron chi connectivity index (χ0n) is 13.0. The Morgan fingerprint density at radius 2 is 1.72 bits per heavy atom. The number of aromatic nitrogens is 2. The predicted octanol–water partition coefficient (Wildman–Crippen LogP) is 3.94. The molecule has 0 bridgehead atoms. The van der Waals surface area contributed by atoms with E-state index in [1.165, 1.54) is 24.5 Å². The van der Waals surface area contributed by atoms with E-state index in [2.05, 4.69) is 20.6 Å². The van der Waals surface area contributed by atoms with Gasteiger partial charge in [-0.05, 0) is 42.0 Å². The molecule has 0 spiro atoms. The van der Waals surface area contributed by atoms with E-state index in [9.17, 15) is 9.18 Å². The first-order chi connectivity index (χ1) is 12.1. The molecule has 1 aromatic heterocycles.